The van der Waals surface area contributed by atoms with Gasteiger partial charge in [-0.05, 0) is 74.3 Å². The molecule has 1 saturated carbocycles. The van der Waals surface area contributed by atoms with Gasteiger partial charge >= 0.3 is 6.01 Å². The smallest absolute Gasteiger partial charge is 0.319 e. The van der Waals surface area contributed by atoms with Gasteiger partial charge in [-0.1, -0.05) is 11.6 Å². The largest absolute Gasteiger partial charge is 0.508 e. The summed E-state index contributed by atoms with van der Waals surface area (Å²) >= 11 is 6.53. The van der Waals surface area contributed by atoms with Crippen LogP contribution in [0.25, 0.3) is 22.2 Å². The Bertz CT molecular complexity index is 1700. The van der Waals surface area contributed by atoms with Crippen molar-refractivity contribution in [1.82, 2.24) is 25.2 Å². The molecular weight excluding hydrogens is 612 g/mol. The Morgan fingerprint density at radius 1 is 1.13 bits per heavy atom. The third-order valence-corrected chi connectivity index (χ3v) is 10.7. The molecule has 4 aliphatic heterocycles. The summed E-state index contributed by atoms with van der Waals surface area (Å²) < 4.78 is 63.8. The molecule has 45 heavy (non-hydrogen) atoms. The second-order valence-electron chi connectivity index (χ2n) is 13.3. The predicted octanol–water partition coefficient (Wildman–Crippen LogP) is 6.11. The van der Waals surface area contributed by atoms with Gasteiger partial charge in [0.05, 0.1) is 10.9 Å². The van der Waals surface area contributed by atoms with Gasteiger partial charge in [-0.15, -0.1) is 0 Å². The summed E-state index contributed by atoms with van der Waals surface area (Å²) in [5.41, 5.74) is 0.184. The van der Waals surface area contributed by atoms with E-state index in [4.69, 9.17) is 21.3 Å². The lowest BCUT2D eigenvalue weighted by atomic mass is 9.74. The average Bonchev–Trinajstić information content (AvgIpc) is 3.62. The molecule has 8 rings (SSSR count). The zero-order valence-corrected chi connectivity index (χ0v) is 25.3. The highest BCUT2D eigenvalue weighted by atomic mass is 35.5. The summed E-state index contributed by atoms with van der Waals surface area (Å²) in [5.74, 6) is -0.807. The molecule has 4 saturated heterocycles. The Labute approximate surface area is 262 Å². The van der Waals surface area contributed by atoms with Crippen molar-refractivity contribution >= 4 is 28.3 Å². The molecule has 2 aromatic heterocycles. The zero-order valence-electron chi connectivity index (χ0n) is 24.5. The molecule has 238 valence electrons. The first-order valence-electron chi connectivity index (χ1n) is 15.6. The molecule has 8 nitrogen and oxygen atoms in total. The van der Waals surface area contributed by atoms with Gasteiger partial charge in [0, 0.05) is 54.9 Å². The van der Waals surface area contributed by atoms with Crippen molar-refractivity contribution in [3.8, 4) is 23.0 Å². The number of nitrogens with one attached hydrogen (secondary N) is 1. The van der Waals surface area contributed by atoms with Crippen LogP contribution in [-0.4, -0.2) is 81.5 Å². The maximum Gasteiger partial charge on any atom is 0.319 e. The molecule has 6 heterocycles. The maximum atomic E-state index is 16.7. The second-order valence-corrected chi connectivity index (χ2v) is 13.7. The highest BCUT2D eigenvalue weighted by molar-refractivity contribution is 6.32. The number of allylic oxidation sites excluding steroid dienone is 1. The van der Waals surface area contributed by atoms with Crippen molar-refractivity contribution in [1.29, 1.82) is 0 Å². The molecule has 5 aliphatic rings. The number of aromatic hydroxyl groups is 1. The Kier molecular flexibility index (Phi) is 7.10. The number of ether oxygens (including phenoxy) is 1. The van der Waals surface area contributed by atoms with Crippen LogP contribution >= 0.6 is 11.6 Å². The van der Waals surface area contributed by atoms with Crippen molar-refractivity contribution in [3.05, 3.63) is 46.4 Å². The van der Waals surface area contributed by atoms with Crippen LogP contribution in [0.15, 0.2) is 30.0 Å². The average molecular weight is 645 g/mol. The van der Waals surface area contributed by atoms with E-state index in [-0.39, 0.29) is 76.6 Å². The Morgan fingerprint density at radius 3 is 2.67 bits per heavy atom. The summed E-state index contributed by atoms with van der Waals surface area (Å²) in [5, 5.41) is 14.6. The fraction of sp³-hybridized carbons (Fsp3) is 0.531. The van der Waals surface area contributed by atoms with Crippen LogP contribution in [0.4, 0.5) is 23.4 Å². The number of benzene rings is 1. The normalized spacial score (nSPS) is 29.4. The molecule has 0 spiro atoms. The molecule has 1 aromatic carbocycles. The van der Waals surface area contributed by atoms with Crippen molar-refractivity contribution in [2.45, 2.75) is 74.7 Å². The van der Waals surface area contributed by atoms with Crippen molar-refractivity contribution < 1.29 is 27.4 Å². The first kappa shape index (κ1) is 29.2. The highest BCUT2D eigenvalue weighted by Gasteiger charge is 2.49. The molecule has 5 fully saturated rings. The van der Waals surface area contributed by atoms with Crippen molar-refractivity contribution in [3.63, 3.8) is 0 Å². The fourth-order valence-corrected chi connectivity index (χ4v) is 8.61. The Balaban J connectivity index is 1.22. The van der Waals surface area contributed by atoms with Gasteiger partial charge in [0.25, 0.3) is 6.08 Å². The van der Waals surface area contributed by atoms with Crippen LogP contribution in [0, 0.1) is 5.82 Å². The number of hydrogen-bond acceptors (Lipinski definition) is 8. The van der Waals surface area contributed by atoms with E-state index in [1.165, 1.54) is 18.3 Å². The minimum absolute atomic E-state index is 0.00383. The van der Waals surface area contributed by atoms with Crippen molar-refractivity contribution in [2.24, 2.45) is 0 Å². The molecule has 2 unspecified atom stereocenters. The van der Waals surface area contributed by atoms with E-state index in [1.54, 1.807) is 0 Å². The van der Waals surface area contributed by atoms with Gasteiger partial charge in [-0.25, -0.2) is 8.78 Å². The summed E-state index contributed by atoms with van der Waals surface area (Å²) in [6.07, 6.45) is 3.28. The number of fused-ring (bicyclic) bond motifs is 4. The molecule has 0 radical (unpaired) electrons. The highest BCUT2D eigenvalue weighted by Crippen LogP contribution is 2.50. The van der Waals surface area contributed by atoms with Crippen LogP contribution < -0.4 is 15.0 Å². The second kappa shape index (κ2) is 10.9. The zero-order chi connectivity index (χ0) is 31.0. The molecule has 3 aromatic rings. The molecular formula is C32H33ClF4N6O2. The predicted molar refractivity (Wildman–Crippen MR) is 161 cm³/mol. The lowest BCUT2D eigenvalue weighted by Crippen LogP contribution is -2.51. The van der Waals surface area contributed by atoms with Gasteiger partial charge < -0.3 is 20.1 Å². The number of halogens is 5. The lowest BCUT2D eigenvalue weighted by molar-refractivity contribution is 0.107. The number of nitrogens with zero attached hydrogens (tertiary/aromatic N) is 5. The third kappa shape index (κ3) is 5.00. The number of phenolic OH excluding ortho intramolecular Hbond substituents is 1. The summed E-state index contributed by atoms with van der Waals surface area (Å²) in [7, 11) is 0. The number of aromatic nitrogens is 3. The van der Waals surface area contributed by atoms with E-state index < -0.39 is 23.6 Å². The first-order chi connectivity index (χ1) is 21.7. The standard InChI is InChI=1S/C32H33ClF4N6O2/c33-24-9-21(44)8-22(25(24)16-6-17(7-16)29(36)37)27-26(35)28-23(11-38-27)30(42-13-19-2-3-20(14-42)39-19)41-31(40-28)45-15-32-4-1-5-43(32)12-18(34)10-32/h8-9,11,16,18-20,39,44H,1-7,10,12-15H2/t18-,19?,20?,32+/m1/s1. The maximum absolute atomic E-state index is 16.7. The summed E-state index contributed by atoms with van der Waals surface area (Å²) in [6, 6.07) is 3.27. The van der Waals surface area contributed by atoms with E-state index in [0.29, 0.717) is 42.8 Å². The van der Waals surface area contributed by atoms with Gasteiger partial charge in [-0.3, -0.25) is 9.88 Å². The molecule has 2 bridgehead atoms. The lowest BCUT2D eigenvalue weighted by Gasteiger charge is -2.34. The first-order valence-corrected chi connectivity index (χ1v) is 16.0. The van der Waals surface area contributed by atoms with Crippen molar-refractivity contribution in [2.75, 3.05) is 37.7 Å². The number of pyridine rings is 1. The minimum atomic E-state index is -1.71. The van der Waals surface area contributed by atoms with Gasteiger partial charge in [0.1, 0.15) is 35.6 Å². The van der Waals surface area contributed by atoms with Crippen LogP contribution in [0.5, 0.6) is 11.8 Å². The monoisotopic (exact) mass is 644 g/mol. The Morgan fingerprint density at radius 2 is 1.91 bits per heavy atom. The van der Waals surface area contributed by atoms with E-state index >= 15 is 4.39 Å². The molecule has 13 heteroatoms. The van der Waals surface area contributed by atoms with E-state index in [0.717, 1.165) is 32.2 Å². The number of piperazine rings is 1. The summed E-state index contributed by atoms with van der Waals surface area (Å²) in [6.45, 7) is 2.75. The van der Waals surface area contributed by atoms with Gasteiger partial charge in [0.15, 0.2) is 5.82 Å². The number of hydrogen-bond donors (Lipinski definition) is 2. The third-order valence-electron chi connectivity index (χ3n) is 10.4. The Hall–Kier alpha value is -3.22. The minimum Gasteiger partial charge on any atom is -0.508 e. The molecule has 4 atom stereocenters. The molecule has 0 amide bonds. The van der Waals surface area contributed by atoms with Gasteiger partial charge in [-0.2, -0.15) is 18.7 Å². The number of rotatable bonds is 6. The summed E-state index contributed by atoms with van der Waals surface area (Å²) in [4.78, 5) is 18.1. The SMILES string of the molecule is Oc1cc(Cl)c(C2CC(=C(F)F)C2)c(-c2ncc3c(N4CC5CCC(C4)N5)nc(OC[C@@]45CCCN4C[C@H](F)C5)nc3c2F)c1. The van der Waals surface area contributed by atoms with Gasteiger partial charge in [0.2, 0.25) is 0 Å². The molecule has 2 N–H and O–H groups in total. The number of alkyl halides is 1. The van der Waals surface area contributed by atoms with E-state index in [2.05, 4.69) is 25.1 Å². The molecule has 1 aliphatic carbocycles. The van der Waals surface area contributed by atoms with E-state index in [1.807, 2.05) is 0 Å². The number of phenols is 1. The quantitative estimate of drug-likeness (QED) is 0.311. The number of anilines is 1. The van der Waals surface area contributed by atoms with Crippen LogP contribution in [0.1, 0.15) is 56.4 Å². The van der Waals surface area contributed by atoms with Crippen LogP contribution in [0.2, 0.25) is 5.02 Å². The van der Waals surface area contributed by atoms with Crippen LogP contribution in [0.3, 0.4) is 0 Å². The topological polar surface area (TPSA) is 86.6 Å². The van der Waals surface area contributed by atoms with Crippen LogP contribution in [-0.2, 0) is 0 Å². The van der Waals surface area contributed by atoms with E-state index in [9.17, 15) is 18.3 Å². The fourth-order valence-electron chi connectivity index (χ4n) is 8.24.